The lowest BCUT2D eigenvalue weighted by Crippen LogP contribution is -2.30. The van der Waals surface area contributed by atoms with Crippen LogP contribution in [0, 0.1) is 0 Å². The van der Waals surface area contributed by atoms with Crippen LogP contribution in [0.1, 0.15) is 31.9 Å². The van der Waals surface area contributed by atoms with Gasteiger partial charge in [0.25, 0.3) is 5.91 Å². The minimum absolute atomic E-state index is 0.110. The first-order chi connectivity index (χ1) is 14.3. The van der Waals surface area contributed by atoms with E-state index in [9.17, 15) is 4.79 Å². The lowest BCUT2D eigenvalue weighted by molar-refractivity contribution is -0.122. The van der Waals surface area contributed by atoms with Gasteiger partial charge in [0, 0.05) is 30.9 Å². The molecule has 4 nitrogen and oxygen atoms in total. The molecule has 1 atom stereocenters. The van der Waals surface area contributed by atoms with Crippen LogP contribution >= 0.6 is 0 Å². The maximum atomic E-state index is 12.5. The van der Waals surface area contributed by atoms with Crippen molar-refractivity contribution in [3.05, 3.63) is 90.0 Å². The monoisotopic (exact) mass is 402 g/mol. The van der Waals surface area contributed by atoms with Gasteiger partial charge in [-0.2, -0.15) is 0 Å². The standard InChI is InChI=1S/C26H30N2O2/c1-19(25(29)27-22-13-15-23(16-14-22)28(4)5)30-24-17-11-21(12-18-24)26(2,3)20-9-7-6-8-10-20/h6-19H,1-5H3,(H,27,29). The summed E-state index contributed by atoms with van der Waals surface area (Å²) in [5.41, 5.74) is 4.17. The number of amides is 1. The molecule has 0 fully saturated rings. The molecule has 3 aromatic carbocycles. The number of carbonyl (C=O) groups excluding carboxylic acids is 1. The Kier molecular flexibility index (Phi) is 6.46. The van der Waals surface area contributed by atoms with Crippen LogP contribution in [0.2, 0.25) is 0 Å². The maximum Gasteiger partial charge on any atom is 0.265 e. The fourth-order valence-corrected chi connectivity index (χ4v) is 3.32. The minimum atomic E-state index is -0.605. The number of carbonyl (C=O) groups is 1. The summed E-state index contributed by atoms with van der Waals surface area (Å²) >= 11 is 0. The summed E-state index contributed by atoms with van der Waals surface area (Å²) in [5, 5.41) is 2.90. The third kappa shape index (κ3) is 5.01. The number of nitrogens with one attached hydrogen (secondary N) is 1. The van der Waals surface area contributed by atoms with E-state index in [2.05, 4.69) is 55.6 Å². The molecule has 0 saturated carbocycles. The summed E-state index contributed by atoms with van der Waals surface area (Å²) in [7, 11) is 3.96. The molecular formula is C26H30N2O2. The van der Waals surface area contributed by atoms with Crippen LogP contribution in [-0.4, -0.2) is 26.1 Å². The second kappa shape index (κ2) is 9.04. The van der Waals surface area contributed by atoms with Gasteiger partial charge in [0.1, 0.15) is 5.75 Å². The third-order valence-corrected chi connectivity index (χ3v) is 5.40. The van der Waals surface area contributed by atoms with E-state index in [1.807, 2.05) is 61.5 Å². The van der Waals surface area contributed by atoms with Gasteiger partial charge >= 0.3 is 0 Å². The Bertz CT molecular complexity index is 962. The molecule has 3 aromatic rings. The highest BCUT2D eigenvalue weighted by molar-refractivity contribution is 5.94. The molecule has 0 radical (unpaired) electrons. The van der Waals surface area contributed by atoms with Crippen LogP contribution in [-0.2, 0) is 10.2 Å². The van der Waals surface area contributed by atoms with Crippen molar-refractivity contribution in [2.75, 3.05) is 24.3 Å². The van der Waals surface area contributed by atoms with Gasteiger partial charge in [-0.25, -0.2) is 0 Å². The summed E-state index contributed by atoms with van der Waals surface area (Å²) in [6, 6.07) is 26.1. The molecule has 0 aliphatic heterocycles. The first kappa shape index (κ1) is 21.4. The van der Waals surface area contributed by atoms with E-state index < -0.39 is 6.10 Å². The quantitative estimate of drug-likeness (QED) is 0.569. The molecule has 0 aromatic heterocycles. The summed E-state index contributed by atoms with van der Waals surface area (Å²) in [6.45, 7) is 6.16. The van der Waals surface area contributed by atoms with Crippen molar-refractivity contribution in [3.63, 3.8) is 0 Å². The second-order valence-corrected chi connectivity index (χ2v) is 8.21. The van der Waals surface area contributed by atoms with Crippen LogP contribution in [0.5, 0.6) is 5.75 Å². The summed E-state index contributed by atoms with van der Waals surface area (Å²) in [4.78, 5) is 14.5. The second-order valence-electron chi connectivity index (χ2n) is 8.21. The minimum Gasteiger partial charge on any atom is -0.481 e. The zero-order chi connectivity index (χ0) is 21.7. The van der Waals surface area contributed by atoms with Gasteiger partial charge in [0.2, 0.25) is 0 Å². The zero-order valence-corrected chi connectivity index (χ0v) is 18.3. The number of ether oxygens (including phenoxy) is 1. The lowest BCUT2D eigenvalue weighted by atomic mass is 9.78. The van der Waals surface area contributed by atoms with Gasteiger partial charge < -0.3 is 15.0 Å². The van der Waals surface area contributed by atoms with E-state index in [4.69, 9.17) is 4.74 Å². The molecule has 30 heavy (non-hydrogen) atoms. The zero-order valence-electron chi connectivity index (χ0n) is 18.3. The first-order valence-electron chi connectivity index (χ1n) is 10.2. The summed E-state index contributed by atoms with van der Waals surface area (Å²) in [5.74, 6) is 0.495. The average molecular weight is 403 g/mol. The molecule has 156 valence electrons. The van der Waals surface area contributed by atoms with Gasteiger partial charge in [0.15, 0.2) is 6.10 Å². The number of hydrogen-bond donors (Lipinski definition) is 1. The van der Waals surface area contributed by atoms with Crippen molar-refractivity contribution in [1.29, 1.82) is 0 Å². The highest BCUT2D eigenvalue weighted by Gasteiger charge is 2.23. The Morgan fingerprint density at radius 3 is 2.00 bits per heavy atom. The molecule has 0 heterocycles. The molecule has 1 amide bonds. The smallest absolute Gasteiger partial charge is 0.265 e. The number of rotatable bonds is 7. The molecular weight excluding hydrogens is 372 g/mol. The Labute approximate surface area is 179 Å². The maximum absolute atomic E-state index is 12.5. The van der Waals surface area contributed by atoms with Gasteiger partial charge in [-0.3, -0.25) is 4.79 Å². The van der Waals surface area contributed by atoms with E-state index in [0.29, 0.717) is 5.75 Å². The van der Waals surface area contributed by atoms with Crippen LogP contribution in [0.3, 0.4) is 0 Å². The van der Waals surface area contributed by atoms with Crippen LogP contribution in [0.4, 0.5) is 11.4 Å². The summed E-state index contributed by atoms with van der Waals surface area (Å²) in [6.07, 6.45) is -0.605. The van der Waals surface area contributed by atoms with Gasteiger partial charge in [0.05, 0.1) is 0 Å². The van der Waals surface area contributed by atoms with Crippen molar-refractivity contribution in [3.8, 4) is 5.75 Å². The highest BCUT2D eigenvalue weighted by Crippen LogP contribution is 2.32. The largest absolute Gasteiger partial charge is 0.481 e. The van der Waals surface area contributed by atoms with Crippen molar-refractivity contribution in [2.45, 2.75) is 32.3 Å². The molecule has 1 N–H and O–H groups in total. The molecule has 0 saturated heterocycles. The SMILES string of the molecule is CC(Oc1ccc(C(C)(C)c2ccccc2)cc1)C(=O)Nc1ccc(N(C)C)cc1. The molecule has 4 heteroatoms. The highest BCUT2D eigenvalue weighted by atomic mass is 16.5. The topological polar surface area (TPSA) is 41.6 Å². The number of anilines is 2. The predicted octanol–water partition coefficient (Wildman–Crippen LogP) is 5.48. The van der Waals surface area contributed by atoms with Crippen molar-refractivity contribution < 1.29 is 9.53 Å². The fourth-order valence-electron chi connectivity index (χ4n) is 3.32. The first-order valence-corrected chi connectivity index (χ1v) is 10.2. The average Bonchev–Trinajstić information content (AvgIpc) is 2.75. The lowest BCUT2D eigenvalue weighted by Gasteiger charge is -2.26. The normalized spacial score (nSPS) is 12.2. The number of benzene rings is 3. The molecule has 0 bridgehead atoms. The van der Waals surface area contributed by atoms with Gasteiger partial charge in [-0.15, -0.1) is 0 Å². The number of nitrogens with zero attached hydrogens (tertiary/aromatic N) is 1. The Balaban J connectivity index is 1.62. The summed E-state index contributed by atoms with van der Waals surface area (Å²) < 4.78 is 5.86. The van der Waals surface area contributed by atoms with Crippen molar-refractivity contribution in [2.24, 2.45) is 0 Å². The Morgan fingerprint density at radius 1 is 0.867 bits per heavy atom. The molecule has 0 spiro atoms. The fraction of sp³-hybridized carbons (Fsp3) is 0.269. The van der Waals surface area contributed by atoms with E-state index in [1.54, 1.807) is 6.92 Å². The Hall–Kier alpha value is -3.27. The van der Waals surface area contributed by atoms with Crippen molar-refractivity contribution in [1.82, 2.24) is 0 Å². The third-order valence-electron chi connectivity index (χ3n) is 5.40. The van der Waals surface area contributed by atoms with Crippen molar-refractivity contribution >= 4 is 17.3 Å². The van der Waals surface area contributed by atoms with Gasteiger partial charge in [-0.05, 0) is 54.4 Å². The van der Waals surface area contributed by atoms with E-state index in [0.717, 1.165) is 11.4 Å². The Morgan fingerprint density at radius 2 is 1.43 bits per heavy atom. The molecule has 3 rings (SSSR count). The predicted molar refractivity (Wildman–Crippen MR) is 125 cm³/mol. The van der Waals surface area contributed by atoms with Crippen LogP contribution in [0.25, 0.3) is 0 Å². The van der Waals surface area contributed by atoms with Crippen LogP contribution in [0.15, 0.2) is 78.9 Å². The van der Waals surface area contributed by atoms with E-state index >= 15 is 0 Å². The molecule has 1 unspecified atom stereocenters. The molecule has 0 aliphatic rings. The molecule has 0 aliphatic carbocycles. The number of hydrogen-bond acceptors (Lipinski definition) is 3. The van der Waals surface area contributed by atoms with E-state index in [1.165, 1.54) is 11.1 Å². The van der Waals surface area contributed by atoms with Crippen LogP contribution < -0.4 is 15.0 Å². The van der Waals surface area contributed by atoms with E-state index in [-0.39, 0.29) is 11.3 Å². The van der Waals surface area contributed by atoms with Gasteiger partial charge in [-0.1, -0.05) is 56.3 Å².